The monoisotopic (exact) mass is 521 g/mol. The third-order valence-corrected chi connectivity index (χ3v) is 8.38. The van der Waals surface area contributed by atoms with Crippen molar-refractivity contribution in [3.05, 3.63) is 89.9 Å². The summed E-state index contributed by atoms with van der Waals surface area (Å²) < 4.78 is 47.2. The Morgan fingerprint density at radius 1 is 1.00 bits per heavy atom. The molecule has 1 fully saturated rings. The van der Waals surface area contributed by atoms with Gasteiger partial charge in [-0.15, -0.1) is 0 Å². The van der Waals surface area contributed by atoms with Gasteiger partial charge in [0.15, 0.2) is 11.6 Å². The Hall–Kier alpha value is -3.85. The second-order valence-corrected chi connectivity index (χ2v) is 10.9. The number of para-hydroxylation sites is 1. The summed E-state index contributed by atoms with van der Waals surface area (Å²) in [5, 5.41) is 3.67. The zero-order chi connectivity index (χ0) is 26.0. The highest BCUT2D eigenvalue weighted by molar-refractivity contribution is 7.90. The highest BCUT2D eigenvalue weighted by Crippen LogP contribution is 2.33. The molecule has 0 radical (unpaired) electrons. The number of halogens is 1. The Morgan fingerprint density at radius 3 is 2.46 bits per heavy atom. The number of piperidine rings is 1. The Labute approximate surface area is 215 Å². The summed E-state index contributed by atoms with van der Waals surface area (Å²) in [6.07, 6.45) is 5.07. The number of methoxy groups -OCH3 is 1. The van der Waals surface area contributed by atoms with Crippen molar-refractivity contribution >= 4 is 32.5 Å². The number of benzene rings is 3. The molecule has 0 bridgehead atoms. The number of hydrogen-bond donors (Lipinski definition) is 1. The van der Waals surface area contributed by atoms with Gasteiger partial charge >= 0.3 is 0 Å². The molecule has 5 rings (SSSR count). The molecule has 9 heteroatoms. The number of rotatable bonds is 7. The fourth-order valence-electron chi connectivity index (χ4n) is 4.71. The van der Waals surface area contributed by atoms with E-state index in [0.29, 0.717) is 16.6 Å². The lowest BCUT2D eigenvalue weighted by atomic mass is 10.1. The molecule has 1 aliphatic rings. The lowest BCUT2D eigenvalue weighted by Crippen LogP contribution is -2.29. The van der Waals surface area contributed by atoms with Crippen molar-refractivity contribution in [2.45, 2.75) is 30.7 Å². The van der Waals surface area contributed by atoms with Gasteiger partial charge in [-0.05, 0) is 67.3 Å². The summed E-state index contributed by atoms with van der Waals surface area (Å²) in [5.41, 5.74) is 2.54. The van der Waals surface area contributed by atoms with Gasteiger partial charge in [-0.2, -0.15) is 0 Å². The maximum absolute atomic E-state index is 13.6. The van der Waals surface area contributed by atoms with E-state index < -0.39 is 15.8 Å². The molecule has 7 nitrogen and oxygen atoms in total. The van der Waals surface area contributed by atoms with Crippen LogP contribution in [0.1, 0.15) is 35.2 Å². The number of carbonyl (C=O) groups excluding carboxylic acids is 1. The summed E-state index contributed by atoms with van der Waals surface area (Å²) in [7, 11) is -2.51. The van der Waals surface area contributed by atoms with Crippen molar-refractivity contribution < 1.29 is 22.3 Å². The van der Waals surface area contributed by atoms with E-state index in [2.05, 4.69) is 10.2 Å². The van der Waals surface area contributed by atoms with Crippen LogP contribution in [-0.4, -0.2) is 38.5 Å². The number of carbonyl (C=O) groups is 1. The van der Waals surface area contributed by atoms with Crippen LogP contribution in [-0.2, 0) is 16.6 Å². The van der Waals surface area contributed by atoms with E-state index in [1.165, 1.54) is 53.9 Å². The molecule has 1 N–H and O–H groups in total. The molecule has 2 heterocycles. The van der Waals surface area contributed by atoms with E-state index in [0.717, 1.165) is 37.0 Å². The lowest BCUT2D eigenvalue weighted by molar-refractivity contribution is 0.0950. The van der Waals surface area contributed by atoms with Crippen molar-refractivity contribution in [1.29, 1.82) is 0 Å². The second kappa shape index (κ2) is 10.3. The molecule has 1 amide bonds. The Morgan fingerprint density at radius 2 is 1.73 bits per heavy atom. The predicted molar refractivity (Wildman–Crippen MR) is 141 cm³/mol. The standard InChI is InChI=1S/C28H28FN3O4S/c1-36-27-17-20(9-14-24(27)29)18-30-28(33)21-10-12-22(13-11-21)37(34,35)32-19-26(31-15-5-2-6-16-31)23-7-3-4-8-25(23)32/h3-4,7-14,17,19H,2,5-6,15-16,18H2,1H3,(H,30,33). The number of nitrogens with zero attached hydrogens (tertiary/aromatic N) is 2. The molecule has 1 saturated heterocycles. The van der Waals surface area contributed by atoms with E-state index in [9.17, 15) is 17.6 Å². The first-order chi connectivity index (χ1) is 17.9. The van der Waals surface area contributed by atoms with Crippen LogP contribution in [0.15, 0.2) is 77.8 Å². The lowest BCUT2D eigenvalue weighted by Gasteiger charge is -2.28. The minimum Gasteiger partial charge on any atom is -0.494 e. The first kappa shape index (κ1) is 24.8. The average molecular weight is 522 g/mol. The topological polar surface area (TPSA) is 80.6 Å². The maximum atomic E-state index is 13.6. The fourth-order valence-corrected chi connectivity index (χ4v) is 6.07. The average Bonchev–Trinajstić information content (AvgIpc) is 3.33. The molecule has 3 aromatic carbocycles. The van der Waals surface area contributed by atoms with Crippen molar-refractivity contribution in [3.63, 3.8) is 0 Å². The van der Waals surface area contributed by atoms with E-state index in [4.69, 9.17) is 4.74 Å². The molecular formula is C28H28FN3O4S. The number of aromatic nitrogens is 1. The first-order valence-corrected chi connectivity index (χ1v) is 13.6. The van der Waals surface area contributed by atoms with Crippen molar-refractivity contribution in [2.75, 3.05) is 25.1 Å². The van der Waals surface area contributed by atoms with Gasteiger partial charge in [-0.1, -0.05) is 24.3 Å². The van der Waals surface area contributed by atoms with Gasteiger partial charge in [-0.3, -0.25) is 4.79 Å². The van der Waals surface area contributed by atoms with Gasteiger partial charge < -0.3 is 15.0 Å². The van der Waals surface area contributed by atoms with Crippen LogP contribution >= 0.6 is 0 Å². The third kappa shape index (κ3) is 4.91. The molecular weight excluding hydrogens is 493 g/mol. The van der Waals surface area contributed by atoms with Gasteiger partial charge in [-0.25, -0.2) is 16.8 Å². The molecule has 1 aliphatic heterocycles. The quantitative estimate of drug-likeness (QED) is 0.372. The number of ether oxygens (including phenoxy) is 1. The number of hydrogen-bond acceptors (Lipinski definition) is 5. The smallest absolute Gasteiger partial charge is 0.268 e. The van der Waals surface area contributed by atoms with Gasteiger partial charge in [0, 0.05) is 36.8 Å². The maximum Gasteiger partial charge on any atom is 0.268 e. The van der Waals surface area contributed by atoms with E-state index in [1.54, 1.807) is 12.3 Å². The molecule has 37 heavy (non-hydrogen) atoms. The van der Waals surface area contributed by atoms with Crippen LogP contribution < -0.4 is 15.0 Å². The minimum atomic E-state index is -3.88. The normalized spacial score (nSPS) is 14.1. The van der Waals surface area contributed by atoms with Gasteiger partial charge in [0.1, 0.15) is 0 Å². The molecule has 0 unspecified atom stereocenters. The summed E-state index contributed by atoms with van der Waals surface area (Å²) in [5.74, 6) is -0.749. The zero-order valence-corrected chi connectivity index (χ0v) is 21.3. The van der Waals surface area contributed by atoms with Crippen LogP contribution in [0.25, 0.3) is 10.9 Å². The van der Waals surface area contributed by atoms with Gasteiger partial charge in [0.25, 0.3) is 15.9 Å². The first-order valence-electron chi connectivity index (χ1n) is 12.2. The Bertz CT molecular complexity index is 1540. The van der Waals surface area contributed by atoms with Crippen LogP contribution in [0.2, 0.25) is 0 Å². The van der Waals surface area contributed by atoms with E-state index in [-0.39, 0.29) is 23.1 Å². The summed E-state index contributed by atoms with van der Waals surface area (Å²) in [6, 6.07) is 17.7. The van der Waals surface area contributed by atoms with Crippen molar-refractivity contribution in [2.24, 2.45) is 0 Å². The summed E-state index contributed by atoms with van der Waals surface area (Å²) >= 11 is 0. The predicted octanol–water partition coefficient (Wildman–Crippen LogP) is 4.95. The van der Waals surface area contributed by atoms with Crippen LogP contribution in [0, 0.1) is 5.82 Å². The SMILES string of the molecule is COc1cc(CNC(=O)c2ccc(S(=O)(=O)n3cc(N4CCCCC4)c4ccccc43)cc2)ccc1F. The molecule has 0 spiro atoms. The zero-order valence-electron chi connectivity index (χ0n) is 20.5. The fraction of sp³-hybridized carbons (Fsp3) is 0.250. The molecule has 4 aromatic rings. The minimum absolute atomic E-state index is 0.0956. The third-order valence-electron chi connectivity index (χ3n) is 6.70. The van der Waals surface area contributed by atoms with Crippen molar-refractivity contribution in [3.8, 4) is 5.75 Å². The van der Waals surface area contributed by atoms with Crippen LogP contribution in [0.5, 0.6) is 5.75 Å². The Balaban J connectivity index is 1.37. The Kier molecular flexibility index (Phi) is 6.88. The molecule has 0 aliphatic carbocycles. The van der Waals surface area contributed by atoms with Crippen LogP contribution in [0.4, 0.5) is 10.1 Å². The number of amides is 1. The van der Waals surface area contributed by atoms with Gasteiger partial charge in [0.2, 0.25) is 0 Å². The highest BCUT2D eigenvalue weighted by Gasteiger charge is 2.24. The van der Waals surface area contributed by atoms with E-state index >= 15 is 0 Å². The molecule has 1 aromatic heterocycles. The van der Waals surface area contributed by atoms with E-state index in [1.807, 2.05) is 24.3 Å². The molecule has 0 saturated carbocycles. The highest BCUT2D eigenvalue weighted by atomic mass is 32.2. The van der Waals surface area contributed by atoms with Crippen molar-refractivity contribution in [1.82, 2.24) is 9.29 Å². The molecule has 0 atom stereocenters. The summed E-state index contributed by atoms with van der Waals surface area (Å²) in [4.78, 5) is 15.0. The van der Waals surface area contributed by atoms with Gasteiger partial charge in [0.05, 0.1) is 23.2 Å². The second-order valence-electron chi connectivity index (χ2n) is 9.06. The van der Waals surface area contributed by atoms with Crippen LogP contribution in [0.3, 0.4) is 0 Å². The number of nitrogens with one attached hydrogen (secondary N) is 1. The molecule has 192 valence electrons. The largest absolute Gasteiger partial charge is 0.494 e. The number of fused-ring (bicyclic) bond motifs is 1. The number of anilines is 1. The summed E-state index contributed by atoms with van der Waals surface area (Å²) in [6.45, 7) is 1.98.